The molecule has 0 radical (unpaired) electrons. The molecule has 0 aliphatic carbocycles. The molecule has 0 aliphatic rings. The highest BCUT2D eigenvalue weighted by atomic mass is 79.9. The SMILES string of the molecule is Cc1[nH]ncc1S(=O)(=O)Nc1ccc(Br)cc1N. The smallest absolute Gasteiger partial charge is 0.265 e. The number of benzene rings is 1. The van der Waals surface area contributed by atoms with E-state index in [9.17, 15) is 8.42 Å². The number of nitrogens with zero attached hydrogens (tertiary/aromatic N) is 1. The fourth-order valence-electron chi connectivity index (χ4n) is 1.44. The Morgan fingerprint density at radius 2 is 2.17 bits per heavy atom. The number of aromatic nitrogens is 2. The number of sulfonamides is 1. The minimum atomic E-state index is -3.68. The van der Waals surface area contributed by atoms with Gasteiger partial charge in [0.1, 0.15) is 4.90 Å². The maximum atomic E-state index is 12.1. The van der Waals surface area contributed by atoms with Crippen LogP contribution in [0.25, 0.3) is 0 Å². The second kappa shape index (κ2) is 4.62. The Bertz CT molecular complexity index is 681. The Morgan fingerprint density at radius 3 is 2.72 bits per heavy atom. The van der Waals surface area contributed by atoms with Crippen LogP contribution in [-0.2, 0) is 10.0 Å². The highest BCUT2D eigenvalue weighted by Gasteiger charge is 2.19. The molecule has 1 heterocycles. The van der Waals surface area contributed by atoms with E-state index in [1.807, 2.05) is 0 Å². The van der Waals surface area contributed by atoms with Crippen molar-refractivity contribution in [2.45, 2.75) is 11.8 Å². The quantitative estimate of drug-likeness (QED) is 0.747. The first-order valence-corrected chi connectivity index (χ1v) is 7.25. The molecule has 6 nitrogen and oxygen atoms in total. The predicted molar refractivity (Wildman–Crippen MR) is 72.7 cm³/mol. The number of hydrogen-bond acceptors (Lipinski definition) is 4. The molecule has 0 unspecified atom stereocenters. The third kappa shape index (κ3) is 2.49. The average Bonchev–Trinajstić information content (AvgIpc) is 2.69. The lowest BCUT2D eigenvalue weighted by molar-refractivity contribution is 0.600. The van der Waals surface area contributed by atoms with Gasteiger partial charge in [0.2, 0.25) is 0 Å². The first kappa shape index (κ1) is 12.9. The summed E-state index contributed by atoms with van der Waals surface area (Å²) in [5, 5.41) is 6.26. The second-order valence-electron chi connectivity index (χ2n) is 3.70. The Labute approximate surface area is 113 Å². The minimum absolute atomic E-state index is 0.102. The molecule has 8 heteroatoms. The molecule has 0 saturated heterocycles. The van der Waals surface area contributed by atoms with E-state index >= 15 is 0 Å². The number of halogens is 1. The minimum Gasteiger partial charge on any atom is -0.397 e. The van der Waals surface area contributed by atoms with Crippen LogP contribution in [-0.4, -0.2) is 18.6 Å². The van der Waals surface area contributed by atoms with Crippen molar-refractivity contribution in [1.82, 2.24) is 10.2 Å². The molecule has 0 bridgehead atoms. The molecular weight excluding hydrogens is 320 g/mol. The maximum Gasteiger partial charge on any atom is 0.265 e. The molecule has 0 spiro atoms. The van der Waals surface area contributed by atoms with Crippen molar-refractivity contribution in [3.05, 3.63) is 34.6 Å². The van der Waals surface area contributed by atoms with E-state index < -0.39 is 10.0 Å². The molecule has 1 aromatic carbocycles. The third-order valence-electron chi connectivity index (χ3n) is 2.33. The van der Waals surface area contributed by atoms with Gasteiger partial charge in [-0.2, -0.15) is 5.10 Å². The molecule has 0 atom stereocenters. The number of H-pyrrole nitrogens is 1. The monoisotopic (exact) mass is 330 g/mol. The number of nitrogen functional groups attached to an aromatic ring is 1. The van der Waals surface area contributed by atoms with Crippen LogP contribution in [0.3, 0.4) is 0 Å². The fraction of sp³-hybridized carbons (Fsp3) is 0.100. The van der Waals surface area contributed by atoms with Crippen molar-refractivity contribution >= 4 is 37.3 Å². The molecule has 96 valence electrons. The van der Waals surface area contributed by atoms with Gasteiger partial charge < -0.3 is 5.73 Å². The Kier molecular flexibility index (Phi) is 3.31. The molecule has 0 amide bonds. The zero-order valence-electron chi connectivity index (χ0n) is 9.44. The van der Waals surface area contributed by atoms with E-state index in [2.05, 4.69) is 30.8 Å². The third-order valence-corrected chi connectivity index (χ3v) is 4.30. The van der Waals surface area contributed by atoms with Gasteiger partial charge in [0.15, 0.2) is 0 Å². The van der Waals surface area contributed by atoms with Crippen molar-refractivity contribution in [2.24, 2.45) is 0 Å². The van der Waals surface area contributed by atoms with Crippen LogP contribution < -0.4 is 10.5 Å². The topological polar surface area (TPSA) is 101 Å². The van der Waals surface area contributed by atoms with E-state index in [4.69, 9.17) is 5.73 Å². The average molecular weight is 331 g/mol. The first-order valence-electron chi connectivity index (χ1n) is 4.98. The largest absolute Gasteiger partial charge is 0.397 e. The van der Waals surface area contributed by atoms with Crippen LogP contribution in [0.15, 0.2) is 33.8 Å². The Morgan fingerprint density at radius 1 is 1.44 bits per heavy atom. The molecular formula is C10H11BrN4O2S. The first-order chi connectivity index (χ1) is 8.40. The summed E-state index contributed by atoms with van der Waals surface area (Å²) in [6.45, 7) is 1.63. The summed E-state index contributed by atoms with van der Waals surface area (Å²) in [5.41, 5.74) is 6.88. The van der Waals surface area contributed by atoms with Crippen LogP contribution >= 0.6 is 15.9 Å². The highest BCUT2D eigenvalue weighted by Crippen LogP contribution is 2.25. The standard InChI is InChI=1S/C10H11BrN4O2S/c1-6-10(5-13-14-6)18(16,17)15-9-3-2-7(11)4-8(9)12/h2-5,15H,12H2,1H3,(H,13,14). The van der Waals surface area contributed by atoms with Gasteiger partial charge in [0.05, 0.1) is 23.3 Å². The normalized spacial score (nSPS) is 11.4. The summed E-state index contributed by atoms with van der Waals surface area (Å²) in [7, 11) is -3.68. The van der Waals surface area contributed by atoms with Crippen LogP contribution in [0.5, 0.6) is 0 Å². The Balaban J connectivity index is 2.37. The van der Waals surface area contributed by atoms with E-state index in [0.717, 1.165) is 4.47 Å². The molecule has 0 fully saturated rings. The van der Waals surface area contributed by atoms with E-state index in [1.54, 1.807) is 25.1 Å². The van der Waals surface area contributed by atoms with Crippen LogP contribution in [0.2, 0.25) is 0 Å². The molecule has 2 rings (SSSR count). The number of rotatable bonds is 3. The number of nitrogens with one attached hydrogen (secondary N) is 2. The predicted octanol–water partition coefficient (Wildman–Crippen LogP) is 1.86. The zero-order chi connectivity index (χ0) is 13.3. The van der Waals surface area contributed by atoms with Gasteiger partial charge in [0, 0.05) is 4.47 Å². The van der Waals surface area contributed by atoms with Crippen molar-refractivity contribution in [1.29, 1.82) is 0 Å². The van der Waals surface area contributed by atoms with Crippen LogP contribution in [0, 0.1) is 6.92 Å². The van der Waals surface area contributed by atoms with Gasteiger partial charge in [-0.25, -0.2) is 8.42 Å². The number of hydrogen-bond donors (Lipinski definition) is 3. The fourth-order valence-corrected chi connectivity index (χ4v) is 3.04. The molecule has 2 aromatic rings. The number of anilines is 2. The van der Waals surface area contributed by atoms with Gasteiger partial charge in [-0.15, -0.1) is 0 Å². The Hall–Kier alpha value is -1.54. The van der Waals surface area contributed by atoms with Gasteiger partial charge in [0.25, 0.3) is 10.0 Å². The van der Waals surface area contributed by atoms with Crippen molar-refractivity contribution < 1.29 is 8.42 Å². The highest BCUT2D eigenvalue weighted by molar-refractivity contribution is 9.10. The van der Waals surface area contributed by atoms with Gasteiger partial charge in [-0.3, -0.25) is 9.82 Å². The molecule has 18 heavy (non-hydrogen) atoms. The summed E-state index contributed by atoms with van der Waals surface area (Å²) in [4.78, 5) is 0.102. The molecule has 0 aliphatic heterocycles. The van der Waals surface area contributed by atoms with E-state index in [1.165, 1.54) is 6.20 Å². The summed E-state index contributed by atoms with van der Waals surface area (Å²) >= 11 is 3.25. The molecule has 4 N–H and O–H groups in total. The van der Waals surface area contributed by atoms with Gasteiger partial charge in [-0.1, -0.05) is 15.9 Å². The second-order valence-corrected chi connectivity index (χ2v) is 6.26. The summed E-state index contributed by atoms with van der Waals surface area (Å²) in [6, 6.07) is 4.92. The number of aryl methyl sites for hydroxylation is 1. The van der Waals surface area contributed by atoms with Crippen molar-refractivity contribution in [2.75, 3.05) is 10.5 Å². The van der Waals surface area contributed by atoms with Crippen LogP contribution in [0.1, 0.15) is 5.69 Å². The number of nitrogens with two attached hydrogens (primary N) is 1. The summed E-state index contributed by atoms with van der Waals surface area (Å²) in [6.07, 6.45) is 1.26. The van der Waals surface area contributed by atoms with Crippen LogP contribution in [0.4, 0.5) is 11.4 Å². The lowest BCUT2D eigenvalue weighted by Crippen LogP contribution is -2.14. The maximum absolute atomic E-state index is 12.1. The lowest BCUT2D eigenvalue weighted by Gasteiger charge is -2.09. The summed E-state index contributed by atoms with van der Waals surface area (Å²) in [5.74, 6) is 0. The van der Waals surface area contributed by atoms with Crippen molar-refractivity contribution in [3.63, 3.8) is 0 Å². The van der Waals surface area contributed by atoms with Crippen molar-refractivity contribution in [3.8, 4) is 0 Å². The zero-order valence-corrected chi connectivity index (χ0v) is 11.8. The van der Waals surface area contributed by atoms with E-state index in [-0.39, 0.29) is 4.90 Å². The molecule has 0 saturated carbocycles. The number of aromatic amines is 1. The van der Waals surface area contributed by atoms with Gasteiger partial charge >= 0.3 is 0 Å². The molecule has 1 aromatic heterocycles. The lowest BCUT2D eigenvalue weighted by atomic mass is 10.3. The van der Waals surface area contributed by atoms with E-state index in [0.29, 0.717) is 17.1 Å². The summed E-state index contributed by atoms with van der Waals surface area (Å²) < 4.78 is 27.4. The van der Waals surface area contributed by atoms with Gasteiger partial charge in [-0.05, 0) is 25.1 Å².